The molecule has 0 unspecified atom stereocenters. The lowest BCUT2D eigenvalue weighted by atomic mass is 10.1. The average molecular weight is 453 g/mol. The third-order valence-electron chi connectivity index (χ3n) is 5.61. The van der Waals surface area contributed by atoms with Crippen molar-refractivity contribution in [2.75, 3.05) is 39.4 Å². The van der Waals surface area contributed by atoms with E-state index in [2.05, 4.69) is 11.0 Å². The van der Waals surface area contributed by atoms with E-state index in [0.29, 0.717) is 30.2 Å². The Morgan fingerprint density at radius 2 is 1.84 bits per heavy atom. The molecule has 0 atom stereocenters. The van der Waals surface area contributed by atoms with Gasteiger partial charge in [0, 0.05) is 42.2 Å². The summed E-state index contributed by atoms with van der Waals surface area (Å²) in [6.07, 6.45) is 0.900. The Hall–Kier alpha value is -2.74. The lowest BCUT2D eigenvalue weighted by Crippen LogP contribution is -2.39. The number of furan rings is 1. The summed E-state index contributed by atoms with van der Waals surface area (Å²) in [7, 11) is 0. The number of amides is 1. The van der Waals surface area contributed by atoms with Gasteiger partial charge in [0.25, 0.3) is 5.91 Å². The zero-order chi connectivity index (χ0) is 22.3. The zero-order valence-electron chi connectivity index (χ0n) is 18.3. The molecule has 7 heteroatoms. The molecule has 32 heavy (non-hydrogen) atoms. The Kier molecular flexibility index (Phi) is 7.52. The molecule has 1 aliphatic heterocycles. The molecule has 1 saturated heterocycles. The van der Waals surface area contributed by atoms with Crippen molar-refractivity contribution < 1.29 is 18.7 Å². The largest absolute Gasteiger partial charge is 0.451 e. The van der Waals surface area contributed by atoms with Crippen molar-refractivity contribution in [3.8, 4) is 11.3 Å². The number of Topliss-reactive ketones (excluding diaryl/α,β-unsaturated/α-hetero) is 1. The number of carbonyl (C=O) groups is 2. The Bertz CT molecular complexity index is 1020. The minimum atomic E-state index is -0.105. The fourth-order valence-electron chi connectivity index (χ4n) is 3.79. The van der Waals surface area contributed by atoms with Gasteiger partial charge in [-0.3, -0.25) is 14.5 Å². The number of hydrogen-bond donors (Lipinski definition) is 0. The molecule has 0 radical (unpaired) electrons. The molecule has 0 saturated carbocycles. The van der Waals surface area contributed by atoms with E-state index < -0.39 is 0 Å². The van der Waals surface area contributed by atoms with Crippen molar-refractivity contribution in [3.05, 3.63) is 70.1 Å². The Balaban J connectivity index is 1.44. The minimum Gasteiger partial charge on any atom is -0.451 e. The van der Waals surface area contributed by atoms with E-state index in [4.69, 9.17) is 9.15 Å². The van der Waals surface area contributed by atoms with Crippen molar-refractivity contribution >= 4 is 23.0 Å². The number of benzene rings is 1. The van der Waals surface area contributed by atoms with Gasteiger partial charge in [-0.05, 0) is 36.9 Å². The standard InChI is InChI=1S/C25H28N2O4S/c1-19(28)20-5-7-21(8-6-20)23-9-10-24(31-23)25(29)27(18-22-4-2-17-32-22)12-3-11-26-13-15-30-16-14-26/h2,4-10,17H,3,11-16,18H2,1H3. The molecule has 4 rings (SSSR count). The molecule has 3 heterocycles. The quantitative estimate of drug-likeness (QED) is 0.445. The number of hydrogen-bond acceptors (Lipinski definition) is 6. The second kappa shape index (κ2) is 10.7. The fraction of sp³-hybridized carbons (Fsp3) is 0.360. The molecule has 3 aromatic rings. The van der Waals surface area contributed by atoms with Crippen molar-refractivity contribution in [2.45, 2.75) is 19.9 Å². The maximum atomic E-state index is 13.3. The predicted octanol–water partition coefficient (Wildman–Crippen LogP) is 4.58. The number of morpholine rings is 1. The maximum Gasteiger partial charge on any atom is 0.289 e. The summed E-state index contributed by atoms with van der Waals surface area (Å²) in [4.78, 5) is 30.2. The van der Waals surface area contributed by atoms with Gasteiger partial charge >= 0.3 is 0 Å². The number of rotatable bonds is 9. The van der Waals surface area contributed by atoms with Crippen LogP contribution in [0.2, 0.25) is 0 Å². The van der Waals surface area contributed by atoms with Gasteiger partial charge in [0.15, 0.2) is 11.5 Å². The molecular weight excluding hydrogens is 424 g/mol. The SMILES string of the molecule is CC(=O)c1ccc(-c2ccc(C(=O)N(CCCN3CCOCC3)Cc3cccs3)o2)cc1. The number of thiophene rings is 1. The van der Waals surface area contributed by atoms with Gasteiger partial charge in [-0.1, -0.05) is 30.3 Å². The van der Waals surface area contributed by atoms with Crippen LogP contribution in [0.5, 0.6) is 0 Å². The maximum absolute atomic E-state index is 13.3. The van der Waals surface area contributed by atoms with Crippen LogP contribution in [0.1, 0.15) is 39.1 Å². The third kappa shape index (κ3) is 5.73. The van der Waals surface area contributed by atoms with E-state index in [9.17, 15) is 9.59 Å². The van der Waals surface area contributed by atoms with Gasteiger partial charge < -0.3 is 14.1 Å². The first kappa shape index (κ1) is 22.5. The first-order valence-electron chi connectivity index (χ1n) is 10.9. The van der Waals surface area contributed by atoms with Crippen LogP contribution in [-0.4, -0.2) is 60.9 Å². The molecule has 0 spiro atoms. The Morgan fingerprint density at radius 3 is 2.53 bits per heavy atom. The highest BCUT2D eigenvalue weighted by Gasteiger charge is 2.21. The number of ether oxygens (including phenoxy) is 1. The van der Waals surface area contributed by atoms with Crippen LogP contribution in [0.4, 0.5) is 0 Å². The molecule has 1 aliphatic rings. The summed E-state index contributed by atoms with van der Waals surface area (Å²) in [6, 6.07) is 14.8. The lowest BCUT2D eigenvalue weighted by Gasteiger charge is -2.28. The van der Waals surface area contributed by atoms with Crippen LogP contribution in [0, 0.1) is 0 Å². The van der Waals surface area contributed by atoms with Crippen molar-refractivity contribution in [1.29, 1.82) is 0 Å². The third-order valence-corrected chi connectivity index (χ3v) is 6.47. The Labute approximate surface area is 192 Å². The lowest BCUT2D eigenvalue weighted by molar-refractivity contribution is 0.0354. The molecular formula is C25H28N2O4S. The van der Waals surface area contributed by atoms with Crippen LogP contribution in [-0.2, 0) is 11.3 Å². The Morgan fingerprint density at radius 1 is 1.06 bits per heavy atom. The summed E-state index contributed by atoms with van der Waals surface area (Å²) < 4.78 is 11.3. The zero-order valence-corrected chi connectivity index (χ0v) is 19.1. The van der Waals surface area contributed by atoms with Crippen LogP contribution < -0.4 is 0 Å². The van der Waals surface area contributed by atoms with Gasteiger partial charge in [0.1, 0.15) is 5.76 Å². The van der Waals surface area contributed by atoms with E-state index in [0.717, 1.165) is 49.7 Å². The smallest absolute Gasteiger partial charge is 0.289 e. The fourth-order valence-corrected chi connectivity index (χ4v) is 4.51. The topological polar surface area (TPSA) is 63.0 Å². The van der Waals surface area contributed by atoms with E-state index in [1.54, 1.807) is 36.5 Å². The molecule has 1 aromatic carbocycles. The van der Waals surface area contributed by atoms with Crippen molar-refractivity contribution in [2.24, 2.45) is 0 Å². The molecule has 2 aromatic heterocycles. The van der Waals surface area contributed by atoms with Crippen molar-refractivity contribution in [1.82, 2.24) is 9.80 Å². The van der Waals surface area contributed by atoms with E-state index in [-0.39, 0.29) is 11.7 Å². The van der Waals surface area contributed by atoms with Crippen LogP contribution in [0.15, 0.2) is 58.3 Å². The van der Waals surface area contributed by atoms with E-state index in [1.165, 1.54) is 0 Å². The van der Waals surface area contributed by atoms with Gasteiger partial charge in [-0.25, -0.2) is 0 Å². The van der Waals surface area contributed by atoms with Crippen LogP contribution in [0.3, 0.4) is 0 Å². The summed E-state index contributed by atoms with van der Waals surface area (Å²) >= 11 is 1.65. The molecule has 1 fully saturated rings. The highest BCUT2D eigenvalue weighted by Crippen LogP contribution is 2.24. The molecule has 0 aliphatic carbocycles. The summed E-state index contributed by atoms with van der Waals surface area (Å²) in [5.41, 5.74) is 1.49. The molecule has 0 bridgehead atoms. The molecule has 6 nitrogen and oxygen atoms in total. The second-order valence-corrected chi connectivity index (χ2v) is 8.94. The first-order valence-corrected chi connectivity index (χ1v) is 11.8. The summed E-state index contributed by atoms with van der Waals surface area (Å²) in [5.74, 6) is 0.867. The van der Waals surface area contributed by atoms with Crippen LogP contribution >= 0.6 is 11.3 Å². The van der Waals surface area contributed by atoms with Gasteiger partial charge in [-0.15, -0.1) is 11.3 Å². The molecule has 168 valence electrons. The molecule has 0 N–H and O–H groups in total. The number of nitrogens with zero attached hydrogens (tertiary/aromatic N) is 2. The van der Waals surface area contributed by atoms with Gasteiger partial charge in [0.2, 0.25) is 0 Å². The van der Waals surface area contributed by atoms with Gasteiger partial charge in [0.05, 0.1) is 19.8 Å². The average Bonchev–Trinajstić information content (AvgIpc) is 3.51. The molecule has 1 amide bonds. The highest BCUT2D eigenvalue weighted by molar-refractivity contribution is 7.09. The number of ketones is 1. The monoisotopic (exact) mass is 452 g/mol. The van der Waals surface area contributed by atoms with E-state index in [1.807, 2.05) is 34.5 Å². The normalized spacial score (nSPS) is 14.4. The van der Waals surface area contributed by atoms with Gasteiger partial charge in [-0.2, -0.15) is 0 Å². The second-order valence-electron chi connectivity index (χ2n) is 7.91. The minimum absolute atomic E-state index is 0.0214. The highest BCUT2D eigenvalue weighted by atomic mass is 32.1. The first-order chi connectivity index (χ1) is 15.6. The summed E-state index contributed by atoms with van der Waals surface area (Å²) in [5, 5.41) is 2.03. The summed E-state index contributed by atoms with van der Waals surface area (Å²) in [6.45, 7) is 7.18. The van der Waals surface area contributed by atoms with Crippen molar-refractivity contribution in [3.63, 3.8) is 0 Å². The predicted molar refractivity (Wildman–Crippen MR) is 125 cm³/mol. The van der Waals surface area contributed by atoms with Crippen LogP contribution in [0.25, 0.3) is 11.3 Å². The number of carbonyl (C=O) groups excluding carboxylic acids is 2. The van der Waals surface area contributed by atoms with E-state index >= 15 is 0 Å².